The molecule has 1 aliphatic rings. The van der Waals surface area contributed by atoms with Gasteiger partial charge >= 0.3 is 5.97 Å². The molecule has 0 fully saturated rings. The third-order valence-corrected chi connectivity index (χ3v) is 4.34. The molecular weight excluding hydrogens is 316 g/mol. The molecule has 1 aliphatic carbocycles. The van der Waals surface area contributed by atoms with E-state index < -0.39 is 24.0 Å². The smallest absolute Gasteiger partial charge is 0.326 e. The Morgan fingerprint density at radius 1 is 1.39 bits per heavy atom. The van der Waals surface area contributed by atoms with Gasteiger partial charge in [-0.15, -0.1) is 0 Å². The zero-order valence-corrected chi connectivity index (χ0v) is 14.5. The summed E-state index contributed by atoms with van der Waals surface area (Å²) in [7, 11) is 0. The highest BCUT2D eigenvalue weighted by Gasteiger charge is 2.31. The molecule has 0 heterocycles. The number of carboxylic acid groups (broad SMARTS) is 1. The van der Waals surface area contributed by atoms with E-state index >= 15 is 0 Å². The van der Waals surface area contributed by atoms with Gasteiger partial charge in [0.25, 0.3) is 0 Å². The van der Waals surface area contributed by atoms with Gasteiger partial charge in [-0.2, -0.15) is 11.8 Å². The fourth-order valence-electron chi connectivity index (χ4n) is 2.48. The number of amides is 2. The van der Waals surface area contributed by atoms with E-state index in [0.29, 0.717) is 18.6 Å². The lowest BCUT2D eigenvalue weighted by atomic mass is 10.0. The number of nitrogens with zero attached hydrogens (tertiary/aromatic N) is 1. The van der Waals surface area contributed by atoms with Gasteiger partial charge < -0.3 is 15.3 Å². The highest BCUT2D eigenvalue weighted by Crippen LogP contribution is 2.16. The van der Waals surface area contributed by atoms with Gasteiger partial charge in [-0.25, -0.2) is 4.79 Å². The molecule has 0 spiro atoms. The molecule has 23 heavy (non-hydrogen) atoms. The Hall–Kier alpha value is -1.76. The molecule has 0 aliphatic heterocycles. The average Bonchev–Trinajstić information content (AvgIpc) is 2.51. The first-order valence-electron chi connectivity index (χ1n) is 7.52. The van der Waals surface area contributed by atoms with Gasteiger partial charge in [0.05, 0.1) is 6.04 Å². The van der Waals surface area contributed by atoms with Crippen molar-refractivity contribution in [1.82, 2.24) is 10.2 Å². The van der Waals surface area contributed by atoms with E-state index in [1.165, 1.54) is 23.6 Å². The normalized spacial score (nSPS) is 19.0. The number of rotatable bonds is 8. The quantitative estimate of drug-likeness (QED) is 0.698. The molecule has 6 nitrogen and oxygen atoms in total. The first-order valence-corrected chi connectivity index (χ1v) is 8.92. The summed E-state index contributed by atoms with van der Waals surface area (Å²) in [4.78, 5) is 37.1. The van der Waals surface area contributed by atoms with Crippen LogP contribution in [-0.2, 0) is 14.4 Å². The number of nitrogens with one attached hydrogen (secondary N) is 1. The van der Waals surface area contributed by atoms with E-state index in [0.717, 1.165) is 0 Å². The Labute approximate surface area is 141 Å². The fourth-order valence-corrected chi connectivity index (χ4v) is 2.95. The van der Waals surface area contributed by atoms with Crippen molar-refractivity contribution >= 4 is 29.5 Å². The molecule has 7 heteroatoms. The minimum atomic E-state index is -1.06. The maximum absolute atomic E-state index is 12.4. The molecule has 0 saturated carbocycles. The van der Waals surface area contributed by atoms with Crippen molar-refractivity contribution in [2.24, 2.45) is 0 Å². The Bertz CT molecular complexity index is 504. The van der Waals surface area contributed by atoms with E-state index in [1.54, 1.807) is 6.92 Å². The maximum Gasteiger partial charge on any atom is 0.326 e. The van der Waals surface area contributed by atoms with Crippen LogP contribution in [0.5, 0.6) is 0 Å². The highest BCUT2D eigenvalue weighted by atomic mass is 32.2. The molecular formula is C16H24N2O4S. The molecule has 0 bridgehead atoms. The van der Waals surface area contributed by atoms with Crippen molar-refractivity contribution in [1.29, 1.82) is 0 Å². The second kappa shape index (κ2) is 9.39. The van der Waals surface area contributed by atoms with Crippen molar-refractivity contribution in [3.05, 3.63) is 24.3 Å². The highest BCUT2D eigenvalue weighted by molar-refractivity contribution is 7.98. The summed E-state index contributed by atoms with van der Waals surface area (Å²) >= 11 is 1.52. The number of allylic oxidation sites excluding steroid dienone is 2. The topological polar surface area (TPSA) is 86.7 Å². The van der Waals surface area contributed by atoms with Crippen LogP contribution in [-0.4, -0.2) is 57.9 Å². The van der Waals surface area contributed by atoms with Crippen molar-refractivity contribution < 1.29 is 19.5 Å². The van der Waals surface area contributed by atoms with Gasteiger partial charge in [-0.1, -0.05) is 24.3 Å². The van der Waals surface area contributed by atoms with Crippen LogP contribution in [0.2, 0.25) is 0 Å². The summed E-state index contributed by atoms with van der Waals surface area (Å²) in [5, 5.41) is 11.7. The number of aliphatic carboxylic acids is 1. The Morgan fingerprint density at radius 3 is 2.57 bits per heavy atom. The minimum Gasteiger partial charge on any atom is -0.480 e. The first kappa shape index (κ1) is 19.3. The average molecular weight is 340 g/mol. The number of carboxylic acids is 1. The summed E-state index contributed by atoms with van der Waals surface area (Å²) in [6.07, 6.45) is 10.4. The second-order valence-corrected chi connectivity index (χ2v) is 6.38. The summed E-state index contributed by atoms with van der Waals surface area (Å²) < 4.78 is 0. The van der Waals surface area contributed by atoms with Gasteiger partial charge in [0.2, 0.25) is 11.8 Å². The minimum absolute atomic E-state index is 0.187. The lowest BCUT2D eigenvalue weighted by molar-refractivity contribution is -0.144. The van der Waals surface area contributed by atoms with Crippen LogP contribution in [0.25, 0.3) is 0 Å². The van der Waals surface area contributed by atoms with E-state index in [9.17, 15) is 19.5 Å². The number of thioether (sulfide) groups is 1. The molecule has 2 amide bonds. The van der Waals surface area contributed by atoms with E-state index in [2.05, 4.69) is 5.32 Å². The number of carbonyl (C=O) groups excluding carboxylic acids is 2. The molecule has 0 aromatic carbocycles. The Balaban J connectivity index is 2.78. The number of carbonyl (C=O) groups is 3. The molecule has 0 aromatic rings. The van der Waals surface area contributed by atoms with Crippen molar-refractivity contribution in [3.8, 4) is 0 Å². The van der Waals surface area contributed by atoms with Gasteiger partial charge in [0.15, 0.2) is 0 Å². The van der Waals surface area contributed by atoms with Gasteiger partial charge in [0, 0.05) is 6.92 Å². The zero-order chi connectivity index (χ0) is 17.4. The van der Waals surface area contributed by atoms with E-state index in [1.807, 2.05) is 30.6 Å². The Kier molecular flexibility index (Phi) is 7.88. The van der Waals surface area contributed by atoms with Crippen molar-refractivity contribution in [2.45, 2.75) is 44.8 Å². The fraction of sp³-hybridized carbons (Fsp3) is 0.562. The second-order valence-electron chi connectivity index (χ2n) is 5.40. The van der Waals surface area contributed by atoms with Crippen molar-refractivity contribution in [2.75, 3.05) is 12.0 Å². The lowest BCUT2D eigenvalue weighted by Gasteiger charge is -2.34. The van der Waals surface area contributed by atoms with Crippen LogP contribution in [0, 0.1) is 0 Å². The molecule has 2 N–H and O–H groups in total. The van der Waals surface area contributed by atoms with Gasteiger partial charge in [-0.3, -0.25) is 9.59 Å². The molecule has 0 aromatic heterocycles. The van der Waals surface area contributed by atoms with Crippen LogP contribution in [0.1, 0.15) is 26.7 Å². The van der Waals surface area contributed by atoms with Gasteiger partial charge in [-0.05, 0) is 31.8 Å². The van der Waals surface area contributed by atoms with Gasteiger partial charge in [0.1, 0.15) is 12.1 Å². The van der Waals surface area contributed by atoms with Crippen LogP contribution >= 0.6 is 11.8 Å². The molecule has 0 radical (unpaired) electrons. The first-order chi connectivity index (χ1) is 10.9. The van der Waals surface area contributed by atoms with Crippen LogP contribution in [0.3, 0.4) is 0 Å². The largest absolute Gasteiger partial charge is 0.480 e. The summed E-state index contributed by atoms with van der Waals surface area (Å²) in [6.45, 7) is 3.04. The third-order valence-electron chi connectivity index (χ3n) is 3.70. The standard InChI is InChI=1S/C16H24N2O4S/c1-11(15(20)17-14(16(21)22)9-10-23-3)18(12(2)19)13-7-5-4-6-8-13/h4-7,11,13-14H,8-10H2,1-3H3,(H,17,20)(H,21,22)/t11-,13?,14-/m0/s1. The zero-order valence-electron chi connectivity index (χ0n) is 13.7. The summed E-state index contributed by atoms with van der Waals surface area (Å²) in [6, 6.07) is -1.86. The predicted molar refractivity (Wildman–Crippen MR) is 91.2 cm³/mol. The SMILES string of the molecule is CSCC[C@H](NC(=O)[C@H](C)N(C(C)=O)C1C=CC=CC1)C(=O)O. The summed E-state index contributed by atoms with van der Waals surface area (Å²) in [5.74, 6) is -1.09. The number of hydrogen-bond donors (Lipinski definition) is 2. The predicted octanol–water partition coefficient (Wildman–Crippen LogP) is 1.43. The van der Waals surface area contributed by atoms with Crippen LogP contribution < -0.4 is 5.32 Å². The van der Waals surface area contributed by atoms with E-state index in [4.69, 9.17) is 0 Å². The lowest BCUT2D eigenvalue weighted by Crippen LogP contribution is -2.54. The van der Waals surface area contributed by atoms with Crippen LogP contribution in [0.15, 0.2) is 24.3 Å². The van der Waals surface area contributed by atoms with E-state index in [-0.39, 0.29) is 11.9 Å². The number of hydrogen-bond acceptors (Lipinski definition) is 4. The maximum atomic E-state index is 12.4. The Morgan fingerprint density at radius 2 is 2.09 bits per heavy atom. The molecule has 3 atom stereocenters. The van der Waals surface area contributed by atoms with Crippen LogP contribution in [0.4, 0.5) is 0 Å². The third kappa shape index (κ3) is 5.74. The molecule has 1 unspecified atom stereocenters. The summed E-state index contributed by atoms with van der Waals surface area (Å²) in [5.41, 5.74) is 0. The molecule has 128 valence electrons. The monoisotopic (exact) mass is 340 g/mol. The van der Waals surface area contributed by atoms with Crippen molar-refractivity contribution in [3.63, 3.8) is 0 Å². The molecule has 1 rings (SSSR count). The molecule has 0 saturated heterocycles.